The second-order valence-corrected chi connectivity index (χ2v) is 5.54. The van der Waals surface area contributed by atoms with Crippen LogP contribution in [0.1, 0.15) is 49.9 Å². The second-order valence-electron chi connectivity index (χ2n) is 5.54. The highest BCUT2D eigenvalue weighted by Crippen LogP contribution is 2.29. The molecule has 120 valence electrons. The number of esters is 1. The van der Waals surface area contributed by atoms with Gasteiger partial charge < -0.3 is 9.47 Å². The Morgan fingerprint density at radius 2 is 1.91 bits per heavy atom. The van der Waals surface area contributed by atoms with Crippen molar-refractivity contribution in [1.82, 2.24) is 0 Å². The molecule has 5 heteroatoms. The third kappa shape index (κ3) is 4.06. The molecule has 0 saturated heterocycles. The Balaban J connectivity index is 1.90. The average Bonchev–Trinajstić information content (AvgIpc) is 2.48. The monoisotopic (exact) mass is 308 g/mol. The first kappa shape index (κ1) is 16.5. The summed E-state index contributed by atoms with van der Waals surface area (Å²) in [7, 11) is 0. The quantitative estimate of drug-likeness (QED) is 0.617. The molecule has 22 heavy (non-hydrogen) atoms. The first-order chi connectivity index (χ1) is 10.5. The molecule has 0 aliphatic heterocycles. The lowest BCUT2D eigenvalue weighted by Gasteiger charge is -2.27. The van der Waals surface area contributed by atoms with Gasteiger partial charge in [-0.05, 0) is 51.7 Å². The Bertz CT molecular complexity index is 548. The van der Waals surface area contributed by atoms with E-state index in [-0.39, 0.29) is 29.3 Å². The van der Waals surface area contributed by atoms with Gasteiger partial charge in [0, 0.05) is 6.07 Å². The smallest absolute Gasteiger partial charge is 0.308 e. The van der Waals surface area contributed by atoms with Gasteiger partial charge in [-0.3, -0.25) is 9.59 Å². The molecule has 0 aromatic heterocycles. The van der Waals surface area contributed by atoms with E-state index in [9.17, 15) is 14.0 Å². The second kappa shape index (κ2) is 7.38. The van der Waals surface area contributed by atoms with Crippen LogP contribution in [-0.4, -0.2) is 24.5 Å². The zero-order valence-electron chi connectivity index (χ0n) is 12.9. The van der Waals surface area contributed by atoms with Crippen molar-refractivity contribution in [2.75, 3.05) is 6.61 Å². The number of Topliss-reactive ketones (excluding diaryl/α,β-unsaturated/α-hetero) is 1. The minimum atomic E-state index is -0.565. The van der Waals surface area contributed by atoms with Crippen LogP contribution in [0, 0.1) is 11.7 Å². The van der Waals surface area contributed by atoms with E-state index in [1.807, 2.05) is 0 Å². The van der Waals surface area contributed by atoms with Crippen LogP contribution in [0.15, 0.2) is 18.2 Å². The van der Waals surface area contributed by atoms with Crippen molar-refractivity contribution in [2.24, 2.45) is 5.92 Å². The number of carbonyl (C=O) groups excluding carboxylic acids is 2. The van der Waals surface area contributed by atoms with Gasteiger partial charge in [-0.25, -0.2) is 4.39 Å². The third-order valence-corrected chi connectivity index (χ3v) is 3.92. The Labute approximate surface area is 129 Å². The maximum Gasteiger partial charge on any atom is 0.308 e. The van der Waals surface area contributed by atoms with Gasteiger partial charge in [0.1, 0.15) is 11.6 Å². The summed E-state index contributed by atoms with van der Waals surface area (Å²) in [6.45, 7) is 3.53. The first-order valence-corrected chi connectivity index (χ1v) is 7.65. The van der Waals surface area contributed by atoms with E-state index in [2.05, 4.69) is 0 Å². The van der Waals surface area contributed by atoms with Crippen molar-refractivity contribution in [3.63, 3.8) is 0 Å². The fourth-order valence-corrected chi connectivity index (χ4v) is 2.72. The molecule has 0 spiro atoms. The predicted molar refractivity (Wildman–Crippen MR) is 79.4 cm³/mol. The lowest BCUT2D eigenvalue weighted by molar-refractivity contribution is -0.149. The summed E-state index contributed by atoms with van der Waals surface area (Å²) in [6.07, 6.45) is 2.88. The van der Waals surface area contributed by atoms with Crippen LogP contribution in [0.4, 0.5) is 4.39 Å². The van der Waals surface area contributed by atoms with Gasteiger partial charge in [0.2, 0.25) is 0 Å². The molecule has 0 heterocycles. The van der Waals surface area contributed by atoms with E-state index < -0.39 is 5.82 Å². The summed E-state index contributed by atoms with van der Waals surface area (Å²) in [5, 5.41) is 0. The molecule has 2 rings (SSSR count). The number of hydrogen-bond donors (Lipinski definition) is 0. The Morgan fingerprint density at radius 3 is 2.45 bits per heavy atom. The summed E-state index contributed by atoms with van der Waals surface area (Å²) in [5.41, 5.74) is 0.0679. The number of benzene rings is 1. The van der Waals surface area contributed by atoms with Crippen molar-refractivity contribution in [1.29, 1.82) is 0 Å². The SMILES string of the molecule is CCOC(=O)[C@H]1CC[C@H](Oc2ccc(C(C)=O)c(F)c2)CC1. The minimum Gasteiger partial charge on any atom is -0.490 e. The van der Waals surface area contributed by atoms with Gasteiger partial charge in [0.15, 0.2) is 5.78 Å². The number of rotatable bonds is 5. The lowest BCUT2D eigenvalue weighted by Crippen LogP contribution is -2.29. The summed E-state index contributed by atoms with van der Waals surface area (Å²) in [4.78, 5) is 22.9. The maximum atomic E-state index is 13.7. The van der Waals surface area contributed by atoms with E-state index in [1.165, 1.54) is 19.1 Å². The number of hydrogen-bond acceptors (Lipinski definition) is 4. The highest BCUT2D eigenvalue weighted by atomic mass is 19.1. The molecule has 0 radical (unpaired) electrons. The molecule has 1 aromatic carbocycles. The van der Waals surface area contributed by atoms with Gasteiger partial charge >= 0.3 is 5.97 Å². The Morgan fingerprint density at radius 1 is 1.23 bits per heavy atom. The highest BCUT2D eigenvalue weighted by Gasteiger charge is 2.28. The normalized spacial score (nSPS) is 21.2. The Kier molecular flexibility index (Phi) is 5.52. The average molecular weight is 308 g/mol. The van der Waals surface area contributed by atoms with Gasteiger partial charge in [-0.1, -0.05) is 0 Å². The predicted octanol–water partition coefficient (Wildman–Crippen LogP) is 3.53. The van der Waals surface area contributed by atoms with Crippen LogP contribution >= 0.6 is 0 Å². The lowest BCUT2D eigenvalue weighted by atomic mass is 9.87. The molecule has 1 aliphatic carbocycles. The molecule has 4 nitrogen and oxygen atoms in total. The fraction of sp³-hybridized carbons (Fsp3) is 0.529. The molecule has 1 aliphatic rings. The minimum absolute atomic E-state index is 0.0340. The maximum absolute atomic E-state index is 13.7. The Hall–Kier alpha value is -1.91. The summed E-state index contributed by atoms with van der Waals surface area (Å²) >= 11 is 0. The van der Waals surface area contributed by atoms with E-state index in [0.29, 0.717) is 12.4 Å². The van der Waals surface area contributed by atoms with E-state index >= 15 is 0 Å². The highest BCUT2D eigenvalue weighted by molar-refractivity contribution is 5.94. The summed E-state index contributed by atoms with van der Waals surface area (Å²) < 4.78 is 24.5. The molecular formula is C17H21FO4. The van der Waals surface area contributed by atoms with Gasteiger partial charge in [-0.2, -0.15) is 0 Å². The molecule has 0 N–H and O–H groups in total. The first-order valence-electron chi connectivity index (χ1n) is 7.65. The van der Waals surface area contributed by atoms with Crippen molar-refractivity contribution in [3.8, 4) is 5.75 Å². The molecule has 0 unspecified atom stereocenters. The molecule has 0 bridgehead atoms. The van der Waals surface area contributed by atoms with Crippen LogP contribution in [-0.2, 0) is 9.53 Å². The van der Waals surface area contributed by atoms with E-state index in [1.54, 1.807) is 13.0 Å². The molecule has 0 amide bonds. The number of ketones is 1. The third-order valence-electron chi connectivity index (χ3n) is 3.92. The zero-order valence-corrected chi connectivity index (χ0v) is 12.9. The fourth-order valence-electron chi connectivity index (χ4n) is 2.72. The van der Waals surface area contributed by atoms with Crippen LogP contribution in [0.2, 0.25) is 0 Å². The van der Waals surface area contributed by atoms with Crippen LogP contribution in [0.3, 0.4) is 0 Å². The van der Waals surface area contributed by atoms with Gasteiger partial charge in [0.25, 0.3) is 0 Å². The standard InChI is InChI=1S/C17H21FO4/c1-3-21-17(20)12-4-6-13(7-5-12)22-14-8-9-15(11(2)19)16(18)10-14/h8-10,12-13H,3-7H2,1-2H3/t12-,13-. The molecule has 1 aromatic rings. The van der Waals surface area contributed by atoms with Gasteiger partial charge in [0.05, 0.1) is 24.2 Å². The zero-order chi connectivity index (χ0) is 16.1. The number of ether oxygens (including phenoxy) is 2. The molecule has 1 saturated carbocycles. The topological polar surface area (TPSA) is 52.6 Å². The van der Waals surface area contributed by atoms with Crippen molar-refractivity contribution in [3.05, 3.63) is 29.6 Å². The van der Waals surface area contributed by atoms with Crippen LogP contribution in [0.5, 0.6) is 5.75 Å². The van der Waals surface area contributed by atoms with Crippen LogP contribution in [0.25, 0.3) is 0 Å². The van der Waals surface area contributed by atoms with E-state index in [0.717, 1.165) is 25.7 Å². The van der Waals surface area contributed by atoms with Crippen molar-refractivity contribution >= 4 is 11.8 Å². The van der Waals surface area contributed by atoms with Crippen LogP contribution < -0.4 is 4.74 Å². The largest absolute Gasteiger partial charge is 0.490 e. The molecular weight excluding hydrogens is 287 g/mol. The van der Waals surface area contributed by atoms with Gasteiger partial charge in [-0.15, -0.1) is 0 Å². The molecule has 0 atom stereocenters. The molecule has 1 fully saturated rings. The number of carbonyl (C=O) groups is 2. The number of halogens is 1. The van der Waals surface area contributed by atoms with Crippen molar-refractivity contribution < 1.29 is 23.5 Å². The summed E-state index contributed by atoms with van der Waals surface area (Å²) in [6, 6.07) is 4.29. The van der Waals surface area contributed by atoms with Crippen molar-refractivity contribution in [2.45, 2.75) is 45.6 Å². The van der Waals surface area contributed by atoms with E-state index in [4.69, 9.17) is 9.47 Å². The summed E-state index contributed by atoms with van der Waals surface area (Å²) in [5.74, 6) is -0.652.